The van der Waals surface area contributed by atoms with E-state index in [1.807, 2.05) is 0 Å². The molecule has 9 nitrogen and oxygen atoms in total. The number of rotatable bonds is 29. The number of hydrogen-bond acceptors (Lipinski definition) is 9. The van der Waals surface area contributed by atoms with Crippen LogP contribution in [-0.4, -0.2) is 92.5 Å². The zero-order valence-corrected chi connectivity index (χ0v) is 27.1. The Bertz CT molecular complexity index is 645. The maximum atomic E-state index is 11.6. The first kappa shape index (κ1) is 40.4. The quantitative estimate of drug-likeness (QED) is 0.0629. The largest absolute Gasteiger partial charge is 0.394 e. The third-order valence-corrected chi connectivity index (χ3v) is 8.60. The van der Waals surface area contributed by atoms with Crippen molar-refractivity contribution in [3.63, 3.8) is 0 Å². The molecule has 7 atom stereocenters. The minimum atomic E-state index is -1.45. The van der Waals surface area contributed by atoms with E-state index in [1.165, 1.54) is 96.3 Å². The van der Waals surface area contributed by atoms with Crippen LogP contribution in [-0.2, 0) is 14.3 Å². The summed E-state index contributed by atoms with van der Waals surface area (Å²) in [4.78, 5) is 11.6. The highest BCUT2D eigenvalue weighted by molar-refractivity contribution is 5.78. The highest BCUT2D eigenvalue weighted by Gasteiger charge is 2.43. The van der Waals surface area contributed by atoms with Gasteiger partial charge in [-0.25, -0.2) is 0 Å². The molecule has 256 valence electrons. The smallest absolute Gasteiger partial charge is 0.186 e. The molecular weight excluding hydrogens is 552 g/mol. The van der Waals surface area contributed by atoms with Gasteiger partial charge in [0, 0.05) is 12.8 Å². The average Bonchev–Trinajstić information content (AvgIpc) is 2.97. The Labute approximate surface area is 261 Å². The van der Waals surface area contributed by atoms with Crippen LogP contribution in [0.2, 0.25) is 0 Å². The maximum Gasteiger partial charge on any atom is 0.186 e. The summed E-state index contributed by atoms with van der Waals surface area (Å²) in [5.41, 5.74) is 0. The van der Waals surface area contributed by atoms with E-state index in [0.29, 0.717) is 25.7 Å². The molecule has 6 N–H and O–H groups in total. The number of unbranched alkanes of at least 4 members (excludes halogenated alkanes) is 18. The van der Waals surface area contributed by atoms with E-state index in [9.17, 15) is 35.4 Å². The van der Waals surface area contributed by atoms with E-state index >= 15 is 0 Å². The predicted octanol–water partition coefficient (Wildman–Crippen LogP) is 5.09. The molecule has 43 heavy (non-hydrogen) atoms. The van der Waals surface area contributed by atoms with Crippen LogP contribution in [0, 0.1) is 0 Å². The van der Waals surface area contributed by atoms with Crippen LogP contribution >= 0.6 is 0 Å². The summed E-state index contributed by atoms with van der Waals surface area (Å²) in [6, 6.07) is 0. The van der Waals surface area contributed by atoms with Gasteiger partial charge in [-0.2, -0.15) is 0 Å². The van der Waals surface area contributed by atoms with Crippen molar-refractivity contribution in [3.8, 4) is 0 Å². The fraction of sp³-hybridized carbons (Fsp3) is 0.971. The van der Waals surface area contributed by atoms with E-state index in [0.717, 1.165) is 25.7 Å². The molecule has 0 amide bonds. The molecule has 0 saturated carbocycles. The lowest BCUT2D eigenvalue weighted by atomic mass is 9.99. The molecule has 0 aromatic carbocycles. The lowest BCUT2D eigenvalue weighted by molar-refractivity contribution is -0.301. The molecule has 1 saturated heterocycles. The number of Topliss-reactive ketones (excluding diaryl/α,β-unsaturated/α-hetero) is 1. The van der Waals surface area contributed by atoms with Crippen molar-refractivity contribution in [2.75, 3.05) is 13.2 Å². The third-order valence-electron chi connectivity index (χ3n) is 8.60. The Kier molecular flexibility index (Phi) is 24.9. The van der Waals surface area contributed by atoms with E-state index in [2.05, 4.69) is 0 Å². The number of ketones is 1. The fourth-order valence-corrected chi connectivity index (χ4v) is 5.81. The van der Waals surface area contributed by atoms with Crippen LogP contribution in [0.1, 0.15) is 155 Å². The Morgan fingerprint density at radius 2 is 1.09 bits per heavy atom. The molecule has 1 heterocycles. The first-order valence-corrected chi connectivity index (χ1v) is 17.6. The van der Waals surface area contributed by atoms with Crippen molar-refractivity contribution in [1.82, 2.24) is 0 Å². The summed E-state index contributed by atoms with van der Waals surface area (Å²) in [5, 5.41) is 58.2. The second-order valence-corrected chi connectivity index (χ2v) is 12.9. The number of hydrogen-bond donors (Lipinski definition) is 6. The summed E-state index contributed by atoms with van der Waals surface area (Å²) < 4.78 is 10.8. The normalized spacial score (nSPS) is 23.8. The van der Waals surface area contributed by atoms with Crippen molar-refractivity contribution < 1.29 is 44.9 Å². The van der Waals surface area contributed by atoms with Gasteiger partial charge in [-0.1, -0.05) is 116 Å². The highest BCUT2D eigenvalue weighted by atomic mass is 16.7. The van der Waals surface area contributed by atoms with Gasteiger partial charge in [0.15, 0.2) is 6.29 Å². The zero-order chi connectivity index (χ0) is 31.7. The van der Waals surface area contributed by atoms with Crippen LogP contribution in [0.5, 0.6) is 0 Å². The van der Waals surface area contributed by atoms with Gasteiger partial charge in [-0.15, -0.1) is 0 Å². The van der Waals surface area contributed by atoms with Crippen LogP contribution < -0.4 is 0 Å². The molecule has 1 fully saturated rings. The van der Waals surface area contributed by atoms with Crippen LogP contribution in [0.25, 0.3) is 0 Å². The van der Waals surface area contributed by atoms with E-state index in [1.54, 1.807) is 6.92 Å². The molecular formula is C34H66O9. The summed E-state index contributed by atoms with van der Waals surface area (Å²) in [7, 11) is 0. The molecule has 1 aliphatic rings. The van der Waals surface area contributed by atoms with Gasteiger partial charge in [0.25, 0.3) is 0 Å². The number of ether oxygens (including phenoxy) is 2. The van der Waals surface area contributed by atoms with Gasteiger partial charge in [-0.05, 0) is 26.2 Å². The van der Waals surface area contributed by atoms with E-state index in [-0.39, 0.29) is 12.4 Å². The molecule has 0 aromatic heterocycles. The Hall–Kier alpha value is -0.650. The number of aliphatic hydroxyl groups is 6. The lowest BCUT2D eigenvalue weighted by Crippen LogP contribution is -2.59. The van der Waals surface area contributed by atoms with E-state index in [4.69, 9.17) is 9.47 Å². The van der Waals surface area contributed by atoms with Crippen molar-refractivity contribution in [2.24, 2.45) is 0 Å². The second-order valence-electron chi connectivity index (χ2n) is 12.9. The van der Waals surface area contributed by atoms with Crippen molar-refractivity contribution >= 4 is 5.78 Å². The first-order valence-electron chi connectivity index (χ1n) is 17.6. The second kappa shape index (κ2) is 26.6. The van der Waals surface area contributed by atoms with Gasteiger partial charge >= 0.3 is 0 Å². The van der Waals surface area contributed by atoms with Crippen LogP contribution in [0.3, 0.4) is 0 Å². The maximum absolute atomic E-state index is 11.6. The van der Waals surface area contributed by atoms with Crippen molar-refractivity contribution in [3.05, 3.63) is 0 Å². The minimum Gasteiger partial charge on any atom is -0.394 e. The van der Waals surface area contributed by atoms with Crippen molar-refractivity contribution in [2.45, 2.75) is 198 Å². The molecule has 1 rings (SSSR count). The summed E-state index contributed by atoms with van der Waals surface area (Å²) in [6.45, 7) is 1.34. The summed E-state index contributed by atoms with van der Waals surface area (Å²) in [5.74, 6) is 0.192. The van der Waals surface area contributed by atoms with Gasteiger partial charge in [-0.3, -0.25) is 4.79 Å². The monoisotopic (exact) mass is 618 g/mol. The molecule has 0 radical (unpaired) electrons. The zero-order valence-electron chi connectivity index (χ0n) is 27.1. The fourth-order valence-electron chi connectivity index (χ4n) is 5.81. The molecule has 0 spiro atoms. The van der Waals surface area contributed by atoms with Gasteiger partial charge in [0.2, 0.25) is 0 Å². The Morgan fingerprint density at radius 1 is 0.651 bits per heavy atom. The Balaban J connectivity index is 1.79. The number of carbonyl (C=O) groups is 1. The van der Waals surface area contributed by atoms with Gasteiger partial charge in [0.05, 0.1) is 25.4 Å². The highest BCUT2D eigenvalue weighted by Crippen LogP contribution is 2.22. The average molecular weight is 619 g/mol. The standard InChI is InChI=1S/C34H66O9/c1-27(36)25-29(38)22-20-18-16-14-12-10-8-6-4-2-3-5-7-9-11-13-15-17-19-21-28(37)23-24-42-34-33(41)32(40)31(39)30(26-35)43-34/h27-28,30-37,39-41H,2-26H2,1H3/t27-,28-,30?,31-,32?,33-,34+/m1/s1. The first-order chi connectivity index (χ1) is 20.8. The SMILES string of the molecule is C[C@@H](O)CC(=O)CCCCCCCCCCCCCCCCCCCCC[C@@H](O)CCO[C@H]1OC(CO)[C@@H](O)C(O)[C@H]1O. The molecule has 9 heteroatoms. The molecule has 0 bridgehead atoms. The lowest BCUT2D eigenvalue weighted by Gasteiger charge is -2.39. The molecule has 0 aromatic rings. The number of aliphatic hydroxyl groups excluding tert-OH is 6. The minimum absolute atomic E-state index is 0.156. The van der Waals surface area contributed by atoms with Crippen LogP contribution in [0.15, 0.2) is 0 Å². The Morgan fingerprint density at radius 3 is 1.53 bits per heavy atom. The van der Waals surface area contributed by atoms with Crippen LogP contribution in [0.4, 0.5) is 0 Å². The van der Waals surface area contributed by atoms with Crippen molar-refractivity contribution in [1.29, 1.82) is 0 Å². The third kappa shape index (κ3) is 20.9. The molecule has 1 aliphatic heterocycles. The summed E-state index contributed by atoms with van der Waals surface area (Å²) >= 11 is 0. The molecule has 2 unspecified atom stereocenters. The van der Waals surface area contributed by atoms with Gasteiger partial charge < -0.3 is 40.1 Å². The number of carbonyl (C=O) groups excluding carboxylic acids is 1. The van der Waals surface area contributed by atoms with Gasteiger partial charge in [0.1, 0.15) is 30.2 Å². The van der Waals surface area contributed by atoms with E-state index < -0.39 is 49.5 Å². The predicted molar refractivity (Wildman–Crippen MR) is 169 cm³/mol. The molecule has 0 aliphatic carbocycles. The topological polar surface area (TPSA) is 157 Å². The summed E-state index contributed by atoms with van der Waals surface area (Å²) in [6.07, 6.45) is 18.4.